The van der Waals surface area contributed by atoms with Gasteiger partial charge in [0.15, 0.2) is 0 Å². The highest BCUT2D eigenvalue weighted by molar-refractivity contribution is 7.94. The van der Waals surface area contributed by atoms with Crippen LogP contribution < -0.4 is 10.0 Å². The average molecular weight is 417 g/mol. The van der Waals surface area contributed by atoms with Crippen LogP contribution in [-0.2, 0) is 10.0 Å². The molecule has 9 heteroatoms. The van der Waals surface area contributed by atoms with E-state index in [2.05, 4.69) is 20.2 Å². The second kappa shape index (κ2) is 7.69. The minimum Gasteiger partial charge on any atom is -0.296 e. The van der Waals surface area contributed by atoms with Crippen LogP contribution in [0.5, 0.6) is 0 Å². The molecule has 0 atom stereocenters. The third kappa shape index (κ3) is 4.37. The SMILES string of the molecule is Cc1ccc(C(=O)Nc2nnc(S(=O)(=O)Nc3c(C)cc(C)cc3C)s2)cc1. The highest BCUT2D eigenvalue weighted by atomic mass is 32.2. The predicted molar refractivity (Wildman–Crippen MR) is 111 cm³/mol. The number of benzene rings is 2. The van der Waals surface area contributed by atoms with Gasteiger partial charge in [0.2, 0.25) is 5.13 Å². The number of aromatic nitrogens is 2. The molecule has 3 aromatic rings. The Balaban J connectivity index is 1.79. The van der Waals surface area contributed by atoms with Crippen LogP contribution in [-0.4, -0.2) is 24.5 Å². The van der Waals surface area contributed by atoms with Gasteiger partial charge in [-0.3, -0.25) is 14.8 Å². The van der Waals surface area contributed by atoms with E-state index >= 15 is 0 Å². The molecule has 1 aromatic heterocycles. The first-order chi connectivity index (χ1) is 13.2. The van der Waals surface area contributed by atoms with Crippen molar-refractivity contribution in [2.75, 3.05) is 10.0 Å². The third-order valence-electron chi connectivity index (χ3n) is 4.08. The molecule has 3 rings (SSSR count). The Labute approximate surface area is 167 Å². The zero-order valence-corrected chi connectivity index (χ0v) is 17.5. The van der Waals surface area contributed by atoms with Gasteiger partial charge in [-0.2, -0.15) is 8.42 Å². The third-order valence-corrected chi connectivity index (χ3v) is 6.64. The van der Waals surface area contributed by atoms with Crippen LogP contribution in [0.4, 0.5) is 10.8 Å². The molecule has 0 fully saturated rings. The Kier molecular flexibility index (Phi) is 5.48. The van der Waals surface area contributed by atoms with Gasteiger partial charge >= 0.3 is 0 Å². The molecule has 0 saturated carbocycles. The molecular formula is C19H20N4O3S2. The van der Waals surface area contributed by atoms with Crippen LogP contribution in [0.25, 0.3) is 0 Å². The first-order valence-electron chi connectivity index (χ1n) is 8.48. The number of rotatable bonds is 5. The molecule has 0 aliphatic rings. The molecule has 0 saturated heterocycles. The van der Waals surface area contributed by atoms with Crippen LogP contribution in [0.2, 0.25) is 0 Å². The molecule has 0 aliphatic carbocycles. The molecule has 0 radical (unpaired) electrons. The molecule has 2 aromatic carbocycles. The lowest BCUT2D eigenvalue weighted by atomic mass is 10.1. The summed E-state index contributed by atoms with van der Waals surface area (Å²) in [5, 5.41) is 10.2. The molecule has 1 amide bonds. The van der Waals surface area contributed by atoms with E-state index in [-0.39, 0.29) is 15.4 Å². The highest BCUT2D eigenvalue weighted by Gasteiger charge is 2.23. The smallest absolute Gasteiger partial charge is 0.291 e. The highest BCUT2D eigenvalue weighted by Crippen LogP contribution is 2.27. The maximum absolute atomic E-state index is 12.7. The van der Waals surface area contributed by atoms with Gasteiger partial charge in [0.05, 0.1) is 5.69 Å². The summed E-state index contributed by atoms with van der Waals surface area (Å²) in [4.78, 5) is 12.3. The van der Waals surface area contributed by atoms with Crippen molar-refractivity contribution in [3.8, 4) is 0 Å². The fourth-order valence-corrected chi connectivity index (χ4v) is 4.86. The summed E-state index contributed by atoms with van der Waals surface area (Å²) < 4.78 is 27.7. The molecule has 7 nitrogen and oxygen atoms in total. The number of nitrogens with zero attached hydrogens (tertiary/aromatic N) is 2. The Morgan fingerprint density at radius 3 is 2.14 bits per heavy atom. The average Bonchev–Trinajstić information content (AvgIpc) is 3.08. The van der Waals surface area contributed by atoms with Gasteiger partial charge in [-0.05, 0) is 51.0 Å². The van der Waals surface area contributed by atoms with Crippen molar-refractivity contribution >= 4 is 38.1 Å². The van der Waals surface area contributed by atoms with Crippen LogP contribution >= 0.6 is 11.3 Å². The molecule has 0 aliphatic heterocycles. The van der Waals surface area contributed by atoms with Crippen LogP contribution in [0.1, 0.15) is 32.6 Å². The standard InChI is InChI=1S/C19H20N4O3S2/c1-11-5-7-15(8-6-11)17(24)20-18-21-22-19(27-18)28(25,26)23-16-13(3)9-12(2)10-14(16)4/h5-10,23H,1-4H3,(H,20,21,24). The van der Waals surface area contributed by atoms with Gasteiger partial charge in [0, 0.05) is 5.56 Å². The van der Waals surface area contributed by atoms with Crippen molar-refractivity contribution < 1.29 is 13.2 Å². The summed E-state index contributed by atoms with van der Waals surface area (Å²) in [6.07, 6.45) is 0. The van der Waals surface area contributed by atoms with Crippen molar-refractivity contribution in [3.63, 3.8) is 0 Å². The number of carbonyl (C=O) groups is 1. The first kappa shape index (κ1) is 20.0. The van der Waals surface area contributed by atoms with Crippen LogP contribution in [0.15, 0.2) is 40.7 Å². The zero-order valence-electron chi connectivity index (χ0n) is 15.9. The summed E-state index contributed by atoms with van der Waals surface area (Å²) in [5.41, 5.74) is 4.70. The molecular weight excluding hydrogens is 396 g/mol. The number of amides is 1. The fourth-order valence-electron chi connectivity index (χ4n) is 2.76. The number of nitrogens with one attached hydrogen (secondary N) is 2. The van der Waals surface area contributed by atoms with Gasteiger partial charge < -0.3 is 0 Å². The predicted octanol–water partition coefficient (Wildman–Crippen LogP) is 3.82. The number of hydrogen-bond donors (Lipinski definition) is 2. The number of sulfonamides is 1. The number of carbonyl (C=O) groups excluding carboxylic acids is 1. The second-order valence-corrected chi connectivity index (χ2v) is 9.41. The lowest BCUT2D eigenvalue weighted by Gasteiger charge is -2.12. The largest absolute Gasteiger partial charge is 0.296 e. The maximum atomic E-state index is 12.7. The van der Waals surface area contributed by atoms with Gasteiger partial charge in [-0.1, -0.05) is 46.7 Å². The number of aryl methyl sites for hydroxylation is 4. The van der Waals surface area contributed by atoms with Crippen molar-refractivity contribution in [2.45, 2.75) is 32.0 Å². The van der Waals surface area contributed by atoms with Gasteiger partial charge in [0.1, 0.15) is 0 Å². The lowest BCUT2D eigenvalue weighted by Crippen LogP contribution is -2.14. The lowest BCUT2D eigenvalue weighted by molar-refractivity contribution is 0.102. The quantitative estimate of drug-likeness (QED) is 0.616. The van der Waals surface area contributed by atoms with E-state index < -0.39 is 10.0 Å². The second-order valence-electron chi connectivity index (χ2n) is 6.57. The molecule has 2 N–H and O–H groups in total. The summed E-state index contributed by atoms with van der Waals surface area (Å²) in [5.74, 6) is -0.377. The Morgan fingerprint density at radius 1 is 0.929 bits per heavy atom. The van der Waals surface area contributed by atoms with Gasteiger partial charge in [-0.15, -0.1) is 10.2 Å². The van der Waals surface area contributed by atoms with Gasteiger partial charge in [-0.25, -0.2) is 0 Å². The van der Waals surface area contributed by atoms with Crippen LogP contribution in [0.3, 0.4) is 0 Å². The van der Waals surface area contributed by atoms with E-state index in [0.717, 1.165) is 33.6 Å². The molecule has 0 bridgehead atoms. The Bertz CT molecular complexity index is 1110. The topological polar surface area (TPSA) is 101 Å². The maximum Gasteiger partial charge on any atom is 0.291 e. The van der Waals surface area contributed by atoms with Crippen LogP contribution in [0, 0.1) is 27.7 Å². The first-order valence-corrected chi connectivity index (χ1v) is 10.8. The number of anilines is 2. The zero-order chi connectivity index (χ0) is 20.5. The van der Waals surface area contributed by atoms with E-state index in [9.17, 15) is 13.2 Å². The summed E-state index contributed by atoms with van der Waals surface area (Å²) in [6, 6.07) is 10.8. The minimum atomic E-state index is -3.91. The Hall–Kier alpha value is -2.78. The van der Waals surface area contributed by atoms with E-state index in [1.165, 1.54) is 0 Å². The molecule has 28 heavy (non-hydrogen) atoms. The van der Waals surface area contributed by atoms with E-state index in [1.54, 1.807) is 12.1 Å². The number of hydrogen-bond acceptors (Lipinski definition) is 6. The van der Waals surface area contributed by atoms with Crippen molar-refractivity contribution in [2.24, 2.45) is 0 Å². The van der Waals surface area contributed by atoms with Gasteiger partial charge in [0.25, 0.3) is 20.3 Å². The molecule has 0 spiro atoms. The summed E-state index contributed by atoms with van der Waals surface area (Å²) in [6.45, 7) is 7.55. The minimum absolute atomic E-state index is 0.114. The van der Waals surface area contributed by atoms with E-state index in [4.69, 9.17) is 0 Å². The summed E-state index contributed by atoms with van der Waals surface area (Å²) in [7, 11) is -3.91. The van der Waals surface area contributed by atoms with E-state index in [1.807, 2.05) is 52.0 Å². The van der Waals surface area contributed by atoms with Crippen molar-refractivity contribution in [1.82, 2.24) is 10.2 Å². The fraction of sp³-hybridized carbons (Fsp3) is 0.211. The molecule has 146 valence electrons. The molecule has 1 heterocycles. The van der Waals surface area contributed by atoms with Crippen molar-refractivity contribution in [1.29, 1.82) is 0 Å². The normalized spacial score (nSPS) is 11.3. The van der Waals surface area contributed by atoms with E-state index in [0.29, 0.717) is 11.3 Å². The summed E-state index contributed by atoms with van der Waals surface area (Å²) >= 11 is 0.795. The Morgan fingerprint density at radius 2 is 1.54 bits per heavy atom. The monoisotopic (exact) mass is 416 g/mol. The van der Waals surface area contributed by atoms with Crippen molar-refractivity contribution in [3.05, 3.63) is 64.2 Å². The molecule has 0 unspecified atom stereocenters.